The molecule has 0 bridgehead atoms. The van der Waals surface area contributed by atoms with Gasteiger partial charge in [0, 0.05) is 0 Å². The molecule has 1 aromatic rings. The highest BCUT2D eigenvalue weighted by Crippen LogP contribution is 2.34. The SMILES string of the molecule is CCOC(=O)c1cc(C(F)(F)F)ccc1C1CCNCC1.Cl. The standard InChI is InChI=1S/C15H18F3NO2.ClH/c1-2-21-14(20)13-9-11(15(16,17)18)3-4-12(13)10-5-7-19-8-6-10;/h3-4,9-10,19H,2,5-8H2,1H3;1H. The number of rotatable bonds is 3. The van der Waals surface area contributed by atoms with Gasteiger partial charge >= 0.3 is 12.1 Å². The van der Waals surface area contributed by atoms with Gasteiger partial charge in [-0.3, -0.25) is 0 Å². The highest BCUT2D eigenvalue weighted by molar-refractivity contribution is 5.91. The second-order valence-corrected chi connectivity index (χ2v) is 5.04. The number of ether oxygens (including phenoxy) is 1. The molecule has 0 amide bonds. The van der Waals surface area contributed by atoms with E-state index in [4.69, 9.17) is 4.74 Å². The number of nitrogens with one attached hydrogen (secondary N) is 1. The summed E-state index contributed by atoms with van der Waals surface area (Å²) < 4.78 is 43.4. The average molecular weight is 338 g/mol. The van der Waals surface area contributed by atoms with E-state index in [0.29, 0.717) is 5.56 Å². The fourth-order valence-electron chi connectivity index (χ4n) is 2.61. The van der Waals surface area contributed by atoms with Crippen LogP contribution in [0.3, 0.4) is 0 Å². The Kier molecular flexibility index (Phi) is 6.68. The number of hydrogen-bond acceptors (Lipinski definition) is 3. The summed E-state index contributed by atoms with van der Waals surface area (Å²) in [4.78, 5) is 12.0. The third kappa shape index (κ3) is 4.36. The van der Waals surface area contributed by atoms with E-state index in [9.17, 15) is 18.0 Å². The smallest absolute Gasteiger partial charge is 0.416 e. The monoisotopic (exact) mass is 337 g/mol. The zero-order chi connectivity index (χ0) is 15.5. The van der Waals surface area contributed by atoms with Gasteiger partial charge in [0.25, 0.3) is 0 Å². The van der Waals surface area contributed by atoms with Crippen LogP contribution in [0.5, 0.6) is 0 Å². The molecular weight excluding hydrogens is 319 g/mol. The van der Waals surface area contributed by atoms with Gasteiger partial charge in [-0.2, -0.15) is 13.2 Å². The van der Waals surface area contributed by atoms with Crippen molar-refractivity contribution in [3.8, 4) is 0 Å². The van der Waals surface area contributed by atoms with E-state index in [0.717, 1.165) is 38.1 Å². The summed E-state index contributed by atoms with van der Waals surface area (Å²) in [7, 11) is 0. The Morgan fingerprint density at radius 2 is 1.95 bits per heavy atom. The van der Waals surface area contributed by atoms with E-state index in [2.05, 4.69) is 5.32 Å². The predicted octanol–water partition coefficient (Wildman–Crippen LogP) is 3.77. The Balaban J connectivity index is 0.00000242. The second-order valence-electron chi connectivity index (χ2n) is 5.04. The maximum Gasteiger partial charge on any atom is 0.416 e. The summed E-state index contributed by atoms with van der Waals surface area (Å²) in [6, 6.07) is 3.38. The van der Waals surface area contributed by atoms with Crippen molar-refractivity contribution in [3.05, 3.63) is 34.9 Å². The van der Waals surface area contributed by atoms with Crippen LogP contribution < -0.4 is 5.32 Å². The minimum atomic E-state index is -4.46. The van der Waals surface area contributed by atoms with Crippen molar-refractivity contribution >= 4 is 18.4 Å². The first-order valence-electron chi connectivity index (χ1n) is 7.02. The minimum Gasteiger partial charge on any atom is -0.462 e. The van der Waals surface area contributed by atoms with Gasteiger partial charge < -0.3 is 10.1 Å². The molecule has 2 rings (SSSR count). The number of hydrogen-bond donors (Lipinski definition) is 1. The third-order valence-electron chi connectivity index (χ3n) is 3.65. The van der Waals surface area contributed by atoms with Crippen molar-refractivity contribution in [3.63, 3.8) is 0 Å². The van der Waals surface area contributed by atoms with Crippen LogP contribution in [-0.2, 0) is 10.9 Å². The number of carbonyl (C=O) groups is 1. The summed E-state index contributed by atoms with van der Waals surface area (Å²) in [5.74, 6) is -0.593. The molecule has 0 unspecified atom stereocenters. The topological polar surface area (TPSA) is 38.3 Å². The Bertz CT molecular complexity index is 514. The van der Waals surface area contributed by atoms with Crippen LogP contribution in [-0.4, -0.2) is 25.7 Å². The zero-order valence-electron chi connectivity index (χ0n) is 12.2. The maximum absolute atomic E-state index is 12.8. The van der Waals surface area contributed by atoms with Crippen molar-refractivity contribution in [2.24, 2.45) is 0 Å². The van der Waals surface area contributed by atoms with Gasteiger partial charge in [-0.15, -0.1) is 12.4 Å². The van der Waals surface area contributed by atoms with Crippen LogP contribution in [0.1, 0.15) is 47.2 Å². The van der Waals surface area contributed by atoms with Crippen LogP contribution in [0.2, 0.25) is 0 Å². The first kappa shape index (κ1) is 18.8. The molecule has 3 nitrogen and oxygen atoms in total. The molecule has 22 heavy (non-hydrogen) atoms. The first-order chi connectivity index (χ1) is 9.93. The van der Waals surface area contributed by atoms with E-state index in [1.165, 1.54) is 6.07 Å². The average Bonchev–Trinajstić information content (AvgIpc) is 2.47. The Morgan fingerprint density at radius 1 is 1.32 bits per heavy atom. The summed E-state index contributed by atoms with van der Waals surface area (Å²) in [5.41, 5.74) is -0.121. The lowest BCUT2D eigenvalue weighted by Gasteiger charge is -2.25. The molecular formula is C15H19ClF3NO2. The summed E-state index contributed by atoms with van der Waals surface area (Å²) in [6.07, 6.45) is -2.86. The molecule has 124 valence electrons. The molecule has 1 aliphatic rings. The quantitative estimate of drug-likeness (QED) is 0.853. The lowest BCUT2D eigenvalue weighted by Crippen LogP contribution is -2.27. The highest BCUT2D eigenvalue weighted by atomic mass is 35.5. The van der Waals surface area contributed by atoms with Gasteiger partial charge in [0.15, 0.2) is 0 Å². The van der Waals surface area contributed by atoms with E-state index >= 15 is 0 Å². The van der Waals surface area contributed by atoms with E-state index in [1.807, 2.05) is 0 Å². The van der Waals surface area contributed by atoms with Crippen molar-refractivity contribution in [2.45, 2.75) is 31.9 Å². The molecule has 1 fully saturated rings. The molecule has 0 spiro atoms. The fourth-order valence-corrected chi connectivity index (χ4v) is 2.61. The van der Waals surface area contributed by atoms with Crippen molar-refractivity contribution in [1.82, 2.24) is 5.32 Å². The van der Waals surface area contributed by atoms with Crippen molar-refractivity contribution in [1.29, 1.82) is 0 Å². The van der Waals surface area contributed by atoms with Gasteiger partial charge in [0.05, 0.1) is 17.7 Å². The van der Waals surface area contributed by atoms with E-state index in [-0.39, 0.29) is 30.5 Å². The van der Waals surface area contributed by atoms with E-state index < -0.39 is 17.7 Å². The number of esters is 1. The number of carbonyl (C=O) groups excluding carboxylic acids is 1. The summed E-state index contributed by atoms with van der Waals surface area (Å²) in [5, 5.41) is 3.20. The van der Waals surface area contributed by atoms with Crippen LogP contribution in [0, 0.1) is 0 Å². The Hall–Kier alpha value is -1.27. The van der Waals surface area contributed by atoms with Crippen LogP contribution in [0.4, 0.5) is 13.2 Å². The number of piperidine rings is 1. The van der Waals surface area contributed by atoms with Gasteiger partial charge in [-0.05, 0) is 56.5 Å². The van der Waals surface area contributed by atoms with Crippen molar-refractivity contribution < 1.29 is 22.7 Å². The van der Waals surface area contributed by atoms with Crippen LogP contribution in [0.25, 0.3) is 0 Å². The van der Waals surface area contributed by atoms with Gasteiger partial charge in [0.2, 0.25) is 0 Å². The molecule has 1 saturated heterocycles. The highest BCUT2D eigenvalue weighted by Gasteiger charge is 2.33. The van der Waals surface area contributed by atoms with E-state index in [1.54, 1.807) is 6.92 Å². The molecule has 1 aliphatic heterocycles. The molecule has 1 N–H and O–H groups in total. The Morgan fingerprint density at radius 3 is 2.50 bits per heavy atom. The first-order valence-corrected chi connectivity index (χ1v) is 7.02. The van der Waals surface area contributed by atoms with Gasteiger partial charge in [-0.25, -0.2) is 4.79 Å². The maximum atomic E-state index is 12.8. The molecule has 0 aliphatic carbocycles. The summed E-state index contributed by atoms with van der Waals surface area (Å²) >= 11 is 0. The lowest BCUT2D eigenvalue weighted by atomic mass is 9.86. The second kappa shape index (κ2) is 7.83. The summed E-state index contributed by atoms with van der Waals surface area (Å²) in [6.45, 7) is 3.37. The molecule has 7 heteroatoms. The van der Waals surface area contributed by atoms with Crippen LogP contribution >= 0.6 is 12.4 Å². The predicted molar refractivity (Wildman–Crippen MR) is 79.5 cm³/mol. The third-order valence-corrected chi connectivity index (χ3v) is 3.65. The van der Waals surface area contributed by atoms with Gasteiger partial charge in [-0.1, -0.05) is 6.07 Å². The van der Waals surface area contributed by atoms with Crippen molar-refractivity contribution in [2.75, 3.05) is 19.7 Å². The fraction of sp³-hybridized carbons (Fsp3) is 0.533. The molecule has 0 saturated carbocycles. The molecule has 1 heterocycles. The normalized spacial score (nSPS) is 16.0. The molecule has 0 aromatic heterocycles. The molecule has 0 atom stereocenters. The zero-order valence-corrected chi connectivity index (χ0v) is 13.0. The number of benzene rings is 1. The lowest BCUT2D eigenvalue weighted by molar-refractivity contribution is -0.137. The largest absolute Gasteiger partial charge is 0.462 e. The molecule has 1 aromatic carbocycles. The Labute approximate surface area is 133 Å². The number of halogens is 4. The van der Waals surface area contributed by atoms with Gasteiger partial charge in [0.1, 0.15) is 0 Å². The molecule has 0 radical (unpaired) electrons. The minimum absolute atomic E-state index is 0. The van der Waals surface area contributed by atoms with Crippen LogP contribution in [0.15, 0.2) is 18.2 Å². The number of alkyl halides is 3.